The fourth-order valence-electron chi connectivity index (χ4n) is 4.60. The monoisotopic (exact) mass is 409 g/mol. The quantitative estimate of drug-likeness (QED) is 0.438. The minimum atomic E-state index is 0.145. The lowest BCUT2D eigenvalue weighted by Gasteiger charge is -2.17. The molecule has 3 aromatic carbocycles. The van der Waals surface area contributed by atoms with Gasteiger partial charge in [-0.15, -0.1) is 0 Å². The number of hydrogen-bond donors (Lipinski definition) is 0. The number of hydrogen-bond acceptors (Lipinski definition) is 2. The molecule has 1 aliphatic rings. The van der Waals surface area contributed by atoms with Crippen LogP contribution in [-0.4, -0.2) is 33.4 Å². The highest BCUT2D eigenvalue weighted by molar-refractivity contribution is 5.81. The third-order valence-electron chi connectivity index (χ3n) is 6.24. The van der Waals surface area contributed by atoms with Gasteiger partial charge in [-0.25, -0.2) is 4.98 Å². The smallest absolute Gasteiger partial charge is 0.223 e. The van der Waals surface area contributed by atoms with Crippen molar-refractivity contribution in [3.8, 4) is 0 Å². The molecule has 0 N–H and O–H groups in total. The first-order chi connectivity index (χ1) is 15.3. The Morgan fingerprint density at radius 1 is 0.774 bits per heavy atom. The number of aryl methyl sites for hydroxylation is 2. The minimum Gasteiger partial charge on any atom is -0.342 e. The van der Waals surface area contributed by atoms with E-state index in [2.05, 4.69) is 77.4 Å². The molecule has 4 aromatic rings. The van der Waals surface area contributed by atoms with E-state index < -0.39 is 0 Å². The Bertz CT molecular complexity index is 1170. The van der Waals surface area contributed by atoms with Crippen molar-refractivity contribution < 1.29 is 4.79 Å². The highest BCUT2D eigenvalue weighted by Crippen LogP contribution is 2.30. The van der Waals surface area contributed by atoms with Gasteiger partial charge in [0, 0.05) is 32.0 Å². The van der Waals surface area contributed by atoms with Crippen LogP contribution in [0.1, 0.15) is 29.3 Å². The molecule has 5 rings (SSSR count). The van der Waals surface area contributed by atoms with Crippen molar-refractivity contribution >= 4 is 16.9 Å². The fraction of sp³-hybridized carbons (Fsp3) is 0.259. The molecule has 2 heterocycles. The Morgan fingerprint density at radius 3 is 2.10 bits per heavy atom. The average Bonchev–Trinajstić information content (AvgIpc) is 3.37. The third-order valence-corrected chi connectivity index (χ3v) is 6.24. The Morgan fingerprint density at radius 2 is 1.39 bits per heavy atom. The summed E-state index contributed by atoms with van der Waals surface area (Å²) in [5, 5.41) is 0. The molecule has 1 saturated heterocycles. The summed E-state index contributed by atoms with van der Waals surface area (Å²) in [5.74, 6) is 1.43. The number of para-hydroxylation sites is 2. The molecule has 1 atom stereocenters. The second kappa shape index (κ2) is 8.76. The molecule has 4 heteroatoms. The van der Waals surface area contributed by atoms with Crippen molar-refractivity contribution in [3.63, 3.8) is 0 Å². The maximum Gasteiger partial charge on any atom is 0.223 e. The van der Waals surface area contributed by atoms with Crippen LogP contribution in [0.4, 0.5) is 0 Å². The van der Waals surface area contributed by atoms with Gasteiger partial charge in [-0.3, -0.25) is 4.79 Å². The van der Waals surface area contributed by atoms with E-state index in [0.29, 0.717) is 6.42 Å². The Labute approximate surface area is 183 Å². The van der Waals surface area contributed by atoms with Gasteiger partial charge < -0.3 is 9.47 Å². The summed E-state index contributed by atoms with van der Waals surface area (Å²) in [5.41, 5.74) is 4.76. The van der Waals surface area contributed by atoms with Crippen LogP contribution in [0, 0.1) is 0 Å². The Hall–Kier alpha value is -3.40. The SMILES string of the molecule is O=C1CC(c2nc3ccccc3n2CCc2ccccc2)CN1CCc1ccccc1. The van der Waals surface area contributed by atoms with E-state index >= 15 is 0 Å². The van der Waals surface area contributed by atoms with Crippen molar-refractivity contribution in [3.05, 3.63) is 102 Å². The Kier molecular flexibility index (Phi) is 5.53. The van der Waals surface area contributed by atoms with E-state index in [-0.39, 0.29) is 11.8 Å². The van der Waals surface area contributed by atoms with Gasteiger partial charge in [0.2, 0.25) is 5.91 Å². The number of likely N-dealkylation sites (tertiary alicyclic amines) is 1. The second-order valence-electron chi connectivity index (χ2n) is 8.32. The van der Waals surface area contributed by atoms with Gasteiger partial charge in [-0.2, -0.15) is 0 Å². The maximum atomic E-state index is 12.8. The van der Waals surface area contributed by atoms with Crippen LogP contribution in [0.15, 0.2) is 84.9 Å². The number of carbonyl (C=O) groups excluding carboxylic acids is 1. The highest BCUT2D eigenvalue weighted by Gasteiger charge is 2.33. The molecule has 0 bridgehead atoms. The van der Waals surface area contributed by atoms with Gasteiger partial charge in [-0.05, 0) is 36.1 Å². The van der Waals surface area contributed by atoms with E-state index in [9.17, 15) is 4.79 Å². The van der Waals surface area contributed by atoms with Crippen molar-refractivity contribution in [2.75, 3.05) is 13.1 Å². The van der Waals surface area contributed by atoms with E-state index in [0.717, 1.165) is 49.3 Å². The number of aromatic nitrogens is 2. The van der Waals surface area contributed by atoms with E-state index in [1.807, 2.05) is 17.0 Å². The molecule has 1 aromatic heterocycles. The lowest BCUT2D eigenvalue weighted by atomic mass is 10.1. The van der Waals surface area contributed by atoms with Crippen LogP contribution in [0.25, 0.3) is 11.0 Å². The summed E-state index contributed by atoms with van der Waals surface area (Å²) in [6.45, 7) is 2.39. The molecular formula is C27H27N3O. The van der Waals surface area contributed by atoms with Crippen molar-refractivity contribution in [1.82, 2.24) is 14.5 Å². The van der Waals surface area contributed by atoms with E-state index in [4.69, 9.17) is 4.98 Å². The number of carbonyl (C=O) groups is 1. The lowest BCUT2D eigenvalue weighted by molar-refractivity contribution is -0.127. The third kappa shape index (κ3) is 4.24. The molecule has 0 saturated carbocycles. The zero-order valence-corrected chi connectivity index (χ0v) is 17.7. The molecule has 4 nitrogen and oxygen atoms in total. The Balaban J connectivity index is 1.36. The van der Waals surface area contributed by atoms with Crippen LogP contribution in [-0.2, 0) is 24.2 Å². The lowest BCUT2D eigenvalue weighted by Crippen LogP contribution is -2.27. The van der Waals surface area contributed by atoms with Gasteiger partial charge in [0.15, 0.2) is 0 Å². The number of nitrogens with zero attached hydrogens (tertiary/aromatic N) is 3. The van der Waals surface area contributed by atoms with Gasteiger partial charge in [0.25, 0.3) is 0 Å². The summed E-state index contributed by atoms with van der Waals surface area (Å²) in [6.07, 6.45) is 2.39. The van der Waals surface area contributed by atoms with Crippen molar-refractivity contribution in [2.24, 2.45) is 0 Å². The minimum absolute atomic E-state index is 0.145. The predicted molar refractivity (Wildman–Crippen MR) is 124 cm³/mol. The number of amides is 1. The number of benzene rings is 3. The molecule has 1 unspecified atom stereocenters. The van der Waals surface area contributed by atoms with Gasteiger partial charge in [-0.1, -0.05) is 72.8 Å². The second-order valence-corrected chi connectivity index (χ2v) is 8.32. The number of fused-ring (bicyclic) bond motifs is 1. The zero-order chi connectivity index (χ0) is 21.0. The molecule has 1 fully saturated rings. The molecule has 0 spiro atoms. The van der Waals surface area contributed by atoms with Crippen LogP contribution >= 0.6 is 0 Å². The van der Waals surface area contributed by atoms with Crippen molar-refractivity contribution in [1.29, 1.82) is 0 Å². The maximum absolute atomic E-state index is 12.8. The molecular weight excluding hydrogens is 382 g/mol. The predicted octanol–water partition coefficient (Wildman–Crippen LogP) is 4.84. The first kappa shape index (κ1) is 19.6. The van der Waals surface area contributed by atoms with Gasteiger partial charge >= 0.3 is 0 Å². The summed E-state index contributed by atoms with van der Waals surface area (Å²) < 4.78 is 2.33. The van der Waals surface area contributed by atoms with Crippen LogP contribution in [0.3, 0.4) is 0 Å². The molecule has 1 amide bonds. The number of rotatable bonds is 7. The fourth-order valence-corrected chi connectivity index (χ4v) is 4.60. The van der Waals surface area contributed by atoms with Crippen LogP contribution in [0.2, 0.25) is 0 Å². The molecule has 1 aliphatic heterocycles. The first-order valence-corrected chi connectivity index (χ1v) is 11.1. The molecule has 156 valence electrons. The highest BCUT2D eigenvalue weighted by atomic mass is 16.2. The van der Waals surface area contributed by atoms with Crippen LogP contribution < -0.4 is 0 Å². The summed E-state index contributed by atoms with van der Waals surface area (Å²) in [6, 6.07) is 29.3. The summed E-state index contributed by atoms with van der Waals surface area (Å²) in [4.78, 5) is 19.8. The van der Waals surface area contributed by atoms with Crippen LogP contribution in [0.5, 0.6) is 0 Å². The van der Waals surface area contributed by atoms with E-state index in [1.165, 1.54) is 11.1 Å². The van der Waals surface area contributed by atoms with Crippen molar-refractivity contribution in [2.45, 2.75) is 31.7 Å². The zero-order valence-electron chi connectivity index (χ0n) is 17.7. The molecule has 0 radical (unpaired) electrons. The molecule has 31 heavy (non-hydrogen) atoms. The van der Waals surface area contributed by atoms with E-state index in [1.54, 1.807) is 0 Å². The normalized spacial score (nSPS) is 16.3. The topological polar surface area (TPSA) is 38.1 Å². The largest absolute Gasteiger partial charge is 0.342 e. The summed E-state index contributed by atoms with van der Waals surface area (Å²) >= 11 is 0. The first-order valence-electron chi connectivity index (χ1n) is 11.1. The van der Waals surface area contributed by atoms with Gasteiger partial charge in [0.05, 0.1) is 11.0 Å². The van der Waals surface area contributed by atoms with Gasteiger partial charge in [0.1, 0.15) is 5.82 Å². The summed E-state index contributed by atoms with van der Waals surface area (Å²) in [7, 11) is 0. The number of imidazole rings is 1. The average molecular weight is 410 g/mol. The standard InChI is InChI=1S/C27H27N3O/c31-26-19-23(20-29(26)17-15-21-9-3-1-4-10-21)27-28-24-13-7-8-14-25(24)30(27)18-16-22-11-5-2-6-12-22/h1-14,23H,15-20H2. The molecule has 0 aliphatic carbocycles.